The highest BCUT2D eigenvalue weighted by atomic mass is 35.5. The number of hydrogen-bond donors (Lipinski definition) is 2. The van der Waals surface area contributed by atoms with Gasteiger partial charge in [-0.3, -0.25) is 19.2 Å². The number of allylic oxidation sites excluding steroid dienone is 1. The number of fused-ring (bicyclic) bond motifs is 2. The number of esters is 1. The number of nitrogens with one attached hydrogen (secondary N) is 1. The van der Waals surface area contributed by atoms with Crippen LogP contribution >= 0.6 is 11.6 Å². The van der Waals surface area contributed by atoms with Crippen LogP contribution in [-0.4, -0.2) is 83.8 Å². The van der Waals surface area contributed by atoms with E-state index in [9.17, 15) is 24.3 Å². The molecular weight excluding hydrogens is 550 g/mol. The summed E-state index contributed by atoms with van der Waals surface area (Å²) in [5.74, 6) is -3.27. The molecule has 1 aromatic carbocycles. The molecule has 3 amide bonds. The average Bonchev–Trinajstić information content (AvgIpc) is 3.59. The first-order valence-corrected chi connectivity index (χ1v) is 14.6. The highest BCUT2D eigenvalue weighted by molar-refractivity contribution is 6.30. The van der Waals surface area contributed by atoms with Crippen LogP contribution in [0, 0.1) is 11.8 Å². The fourth-order valence-corrected chi connectivity index (χ4v) is 6.42. The van der Waals surface area contributed by atoms with Gasteiger partial charge in [-0.2, -0.15) is 0 Å². The van der Waals surface area contributed by atoms with E-state index >= 15 is 0 Å². The summed E-state index contributed by atoms with van der Waals surface area (Å²) in [4.78, 5) is 57.6. The largest absolute Gasteiger partial charge is 0.460 e. The van der Waals surface area contributed by atoms with Gasteiger partial charge in [0.05, 0.1) is 18.6 Å². The third kappa shape index (κ3) is 5.65. The highest BCUT2D eigenvalue weighted by Gasteiger charge is 2.73. The number of halogens is 1. The van der Waals surface area contributed by atoms with Crippen molar-refractivity contribution in [2.45, 2.75) is 62.9 Å². The Balaban J connectivity index is 1.56. The van der Waals surface area contributed by atoms with Gasteiger partial charge in [0.1, 0.15) is 23.7 Å². The zero-order chi connectivity index (χ0) is 29.1. The number of benzene rings is 1. The maximum absolute atomic E-state index is 14.6. The zero-order valence-electron chi connectivity index (χ0n) is 23.0. The maximum atomic E-state index is 14.6. The number of cyclic esters (lactones) is 1. The van der Waals surface area contributed by atoms with E-state index in [1.54, 1.807) is 53.1 Å². The van der Waals surface area contributed by atoms with Gasteiger partial charge >= 0.3 is 5.97 Å². The molecule has 220 valence electrons. The number of carbonyl (C=O) groups excluding carboxylic acids is 4. The molecule has 5 rings (SSSR count). The van der Waals surface area contributed by atoms with Gasteiger partial charge in [0.15, 0.2) is 0 Å². The Morgan fingerprint density at radius 2 is 1.85 bits per heavy atom. The first-order valence-electron chi connectivity index (χ1n) is 14.2. The number of hydrogen-bond acceptors (Lipinski definition) is 7. The summed E-state index contributed by atoms with van der Waals surface area (Å²) in [5, 5.41) is 12.6. The van der Waals surface area contributed by atoms with Gasteiger partial charge in [-0.15, -0.1) is 0 Å². The number of carbonyl (C=O) groups is 4. The van der Waals surface area contributed by atoms with Crippen molar-refractivity contribution >= 4 is 41.0 Å². The molecule has 10 nitrogen and oxygen atoms in total. The summed E-state index contributed by atoms with van der Waals surface area (Å²) >= 11 is 6.14. The summed E-state index contributed by atoms with van der Waals surface area (Å²) in [5.41, 5.74) is -0.729. The van der Waals surface area contributed by atoms with E-state index in [1.165, 1.54) is 0 Å². The molecule has 4 aliphatic rings. The summed E-state index contributed by atoms with van der Waals surface area (Å²) in [6, 6.07) is 5.86. The number of amides is 3. The Morgan fingerprint density at radius 1 is 1.07 bits per heavy atom. The third-order valence-electron chi connectivity index (χ3n) is 8.24. The number of ether oxygens (including phenoxy) is 2. The fraction of sp³-hybridized carbons (Fsp3) is 0.533. The average molecular weight is 586 g/mol. The third-order valence-corrected chi connectivity index (χ3v) is 8.49. The number of anilines is 1. The SMILES string of the molecule is C[C@@H]1CNC(=O)CC/C=C\CN(c2ccc(Cl)cc2)C(=O)[C@@H]2N(CCCCCO)C(=O)[C@H]3[C@H](C(=O)O1)[C@@H]1C=C[C@]23O1. The van der Waals surface area contributed by atoms with Gasteiger partial charge < -0.3 is 29.7 Å². The number of aliphatic hydroxyl groups excluding tert-OH is 1. The Labute approximate surface area is 244 Å². The van der Waals surface area contributed by atoms with Crippen molar-refractivity contribution in [3.63, 3.8) is 0 Å². The molecule has 5 bridgehead atoms. The molecule has 0 saturated carbocycles. The zero-order valence-corrected chi connectivity index (χ0v) is 23.8. The van der Waals surface area contributed by atoms with E-state index in [2.05, 4.69) is 5.32 Å². The number of nitrogens with zero attached hydrogens (tertiary/aromatic N) is 2. The van der Waals surface area contributed by atoms with Gasteiger partial charge in [0.25, 0.3) is 5.91 Å². The van der Waals surface area contributed by atoms with Gasteiger partial charge in [-0.25, -0.2) is 0 Å². The predicted molar refractivity (Wildman–Crippen MR) is 151 cm³/mol. The Kier molecular flexibility index (Phi) is 8.82. The Morgan fingerprint density at radius 3 is 2.61 bits per heavy atom. The molecule has 6 atom stereocenters. The normalized spacial score (nSPS) is 32.7. The van der Waals surface area contributed by atoms with Crippen LogP contribution in [0.5, 0.6) is 0 Å². The second-order valence-electron chi connectivity index (χ2n) is 11.0. The highest BCUT2D eigenvalue weighted by Crippen LogP contribution is 2.55. The first-order chi connectivity index (χ1) is 19.8. The van der Waals surface area contributed by atoms with E-state index in [0.29, 0.717) is 36.4 Å². The van der Waals surface area contributed by atoms with Gasteiger partial charge in [-0.1, -0.05) is 35.9 Å². The number of rotatable bonds is 6. The summed E-state index contributed by atoms with van der Waals surface area (Å²) in [6.07, 6.45) is 8.44. The first kappa shape index (κ1) is 29.3. The lowest BCUT2D eigenvalue weighted by Crippen LogP contribution is -2.56. The molecule has 2 saturated heterocycles. The van der Waals surface area contributed by atoms with Crippen LogP contribution < -0.4 is 10.2 Å². The van der Waals surface area contributed by atoms with E-state index in [-0.39, 0.29) is 50.4 Å². The van der Waals surface area contributed by atoms with Crippen LogP contribution in [0.25, 0.3) is 0 Å². The van der Waals surface area contributed by atoms with Crippen molar-refractivity contribution in [1.82, 2.24) is 10.2 Å². The van der Waals surface area contributed by atoms with Crippen molar-refractivity contribution in [2.75, 3.05) is 31.1 Å². The minimum atomic E-state index is -1.32. The second kappa shape index (κ2) is 12.3. The lowest BCUT2D eigenvalue weighted by atomic mass is 9.74. The maximum Gasteiger partial charge on any atom is 0.313 e. The van der Waals surface area contributed by atoms with E-state index in [4.69, 9.17) is 21.1 Å². The molecule has 1 aromatic rings. The van der Waals surface area contributed by atoms with Crippen LogP contribution in [-0.2, 0) is 28.7 Å². The number of unbranched alkanes of at least 4 members (excludes halogenated alkanes) is 2. The van der Waals surface area contributed by atoms with Crippen molar-refractivity contribution in [3.8, 4) is 0 Å². The lowest BCUT2D eigenvalue weighted by Gasteiger charge is -2.36. The quantitative estimate of drug-likeness (QED) is 0.298. The Bertz CT molecular complexity index is 1230. The summed E-state index contributed by atoms with van der Waals surface area (Å²) in [6.45, 7) is 2.35. The Hall–Kier alpha value is -3.21. The molecule has 4 aliphatic heterocycles. The van der Waals surface area contributed by atoms with Gasteiger partial charge in [-0.05, 0) is 56.9 Å². The van der Waals surface area contributed by atoms with Crippen molar-refractivity contribution in [3.05, 3.63) is 53.6 Å². The monoisotopic (exact) mass is 585 g/mol. The minimum Gasteiger partial charge on any atom is -0.460 e. The summed E-state index contributed by atoms with van der Waals surface area (Å²) < 4.78 is 12.1. The molecule has 11 heteroatoms. The molecular formula is C30H36ClN3O7. The van der Waals surface area contributed by atoms with E-state index < -0.39 is 41.7 Å². The molecule has 4 heterocycles. The van der Waals surface area contributed by atoms with Crippen LogP contribution in [0.2, 0.25) is 5.02 Å². The smallest absolute Gasteiger partial charge is 0.313 e. The van der Waals surface area contributed by atoms with Crippen molar-refractivity contribution in [1.29, 1.82) is 0 Å². The van der Waals surface area contributed by atoms with Crippen LogP contribution in [0.1, 0.15) is 39.0 Å². The van der Waals surface area contributed by atoms with Crippen LogP contribution in [0.3, 0.4) is 0 Å². The van der Waals surface area contributed by atoms with Gasteiger partial charge in [0, 0.05) is 36.8 Å². The van der Waals surface area contributed by atoms with E-state index in [1.807, 2.05) is 12.2 Å². The van der Waals surface area contributed by atoms with Gasteiger partial charge in [0.2, 0.25) is 11.8 Å². The van der Waals surface area contributed by atoms with Crippen molar-refractivity contribution < 1.29 is 33.8 Å². The molecule has 0 unspecified atom stereocenters. The molecule has 2 N–H and O–H groups in total. The van der Waals surface area contributed by atoms with Crippen LogP contribution in [0.15, 0.2) is 48.6 Å². The molecule has 41 heavy (non-hydrogen) atoms. The van der Waals surface area contributed by atoms with E-state index in [0.717, 1.165) is 0 Å². The molecule has 0 aromatic heterocycles. The molecule has 0 radical (unpaired) electrons. The molecule has 1 spiro atoms. The number of aliphatic hydroxyl groups is 1. The summed E-state index contributed by atoms with van der Waals surface area (Å²) in [7, 11) is 0. The lowest BCUT2D eigenvalue weighted by molar-refractivity contribution is -0.158. The van der Waals surface area contributed by atoms with Crippen LogP contribution in [0.4, 0.5) is 5.69 Å². The van der Waals surface area contributed by atoms with Crippen molar-refractivity contribution in [2.24, 2.45) is 11.8 Å². The second-order valence-corrected chi connectivity index (χ2v) is 11.4. The molecule has 2 fully saturated rings. The minimum absolute atomic E-state index is 0.0413. The molecule has 0 aliphatic carbocycles. The number of likely N-dealkylation sites (tertiary alicyclic amines) is 1. The fourth-order valence-electron chi connectivity index (χ4n) is 6.30. The standard InChI is InChI=1S/C30H36ClN3O7/c1-19-18-32-23(36)8-4-2-5-15-33(21-11-9-20(31)10-12-21)28(38)26-30-14-13-22(41-30)24(29(39)40-19)25(30)27(37)34(26)16-6-3-7-17-35/h2,5,9-14,19,22,24-26,35H,3-4,6-8,15-18H2,1H3,(H,32,36)/b5-2-/t19-,22+,24-,25-,26+,30-/m1/s1. The topological polar surface area (TPSA) is 125 Å². The predicted octanol–water partition coefficient (Wildman–Crippen LogP) is 2.38.